The highest BCUT2D eigenvalue weighted by molar-refractivity contribution is 7.91. The number of ether oxygens (including phenoxy) is 1. The van der Waals surface area contributed by atoms with Gasteiger partial charge in [0.05, 0.1) is 12.8 Å². The maximum Gasteiger partial charge on any atom is 0.422 e. The van der Waals surface area contributed by atoms with Crippen molar-refractivity contribution in [2.75, 3.05) is 23.7 Å². The minimum absolute atomic E-state index is 0.246. The third-order valence-electron chi connectivity index (χ3n) is 2.71. The van der Waals surface area contributed by atoms with E-state index >= 15 is 0 Å². The molecule has 18 heavy (non-hydrogen) atoms. The highest BCUT2D eigenvalue weighted by atomic mass is 32.2. The number of nitrogens with zero attached hydrogens (tertiary/aromatic N) is 1. The summed E-state index contributed by atoms with van der Waals surface area (Å²) in [7, 11) is -2.85. The van der Waals surface area contributed by atoms with Gasteiger partial charge in [0.25, 0.3) is 0 Å². The minimum atomic E-state index is -3.95. The second-order valence-corrected chi connectivity index (χ2v) is 5.36. The average Bonchev–Trinajstić information content (AvgIpc) is 2.74. The summed E-state index contributed by atoms with van der Waals surface area (Å²) in [5, 5.41) is 0. The lowest BCUT2D eigenvalue weighted by Crippen LogP contribution is -2.42. The molecule has 2 rings (SSSR count). The fraction of sp³-hybridized carbons (Fsp3) is 0.300. The van der Waals surface area contributed by atoms with Gasteiger partial charge < -0.3 is 10.5 Å². The highest BCUT2D eigenvalue weighted by Crippen LogP contribution is 2.33. The van der Waals surface area contributed by atoms with E-state index in [-0.39, 0.29) is 6.54 Å². The molecule has 3 N–H and O–H groups in total. The standard InChI is InChI=1S/C10H13N3O4S/c1-17-10(14)12-18(15,16)13-6-5-7-8(11)3-2-4-9(7)13/h2-4H,5-6,11H2,1H3,(H,12,14). The number of rotatable bonds is 2. The van der Waals surface area contributed by atoms with Gasteiger partial charge in [-0.2, -0.15) is 8.42 Å². The van der Waals surface area contributed by atoms with E-state index in [2.05, 4.69) is 4.74 Å². The largest absolute Gasteiger partial charge is 0.452 e. The van der Waals surface area contributed by atoms with Crippen LogP contribution in [0, 0.1) is 0 Å². The van der Waals surface area contributed by atoms with Crippen LogP contribution in [0.25, 0.3) is 0 Å². The van der Waals surface area contributed by atoms with Gasteiger partial charge in [-0.3, -0.25) is 4.31 Å². The summed E-state index contributed by atoms with van der Waals surface area (Å²) in [4.78, 5) is 11.0. The quantitative estimate of drug-likeness (QED) is 0.750. The Bertz CT molecular complexity index is 585. The molecule has 0 radical (unpaired) electrons. The molecule has 1 aromatic rings. The summed E-state index contributed by atoms with van der Waals surface area (Å²) in [6.07, 6.45) is -0.503. The Kier molecular flexibility index (Phi) is 3.04. The van der Waals surface area contributed by atoms with Gasteiger partial charge >= 0.3 is 16.3 Å². The predicted molar refractivity (Wildman–Crippen MR) is 66.4 cm³/mol. The van der Waals surface area contributed by atoms with Gasteiger partial charge in [-0.15, -0.1) is 0 Å². The van der Waals surface area contributed by atoms with Crippen molar-refractivity contribution >= 4 is 27.7 Å². The molecule has 0 bridgehead atoms. The van der Waals surface area contributed by atoms with E-state index in [4.69, 9.17) is 5.73 Å². The van der Waals surface area contributed by atoms with Crippen LogP contribution in [0.4, 0.5) is 16.2 Å². The highest BCUT2D eigenvalue weighted by Gasteiger charge is 2.31. The lowest BCUT2D eigenvalue weighted by molar-refractivity contribution is 0.177. The number of carbonyl (C=O) groups is 1. The summed E-state index contributed by atoms with van der Waals surface area (Å²) < 4.78 is 31.1. The lowest BCUT2D eigenvalue weighted by Gasteiger charge is -2.19. The molecule has 7 nitrogen and oxygen atoms in total. The summed E-state index contributed by atoms with van der Waals surface area (Å²) in [5.41, 5.74) is 7.58. The Labute approximate surface area is 105 Å². The monoisotopic (exact) mass is 271 g/mol. The van der Waals surface area contributed by atoms with Crippen molar-refractivity contribution in [2.24, 2.45) is 0 Å². The van der Waals surface area contributed by atoms with Crippen LogP contribution in [0.15, 0.2) is 18.2 Å². The van der Waals surface area contributed by atoms with E-state index in [9.17, 15) is 13.2 Å². The molecule has 0 unspecified atom stereocenters. The zero-order chi connectivity index (χ0) is 13.3. The molecule has 8 heteroatoms. The summed E-state index contributed by atoms with van der Waals surface area (Å²) in [6, 6.07) is 5.03. The van der Waals surface area contributed by atoms with Crippen LogP contribution in [-0.2, 0) is 21.4 Å². The van der Waals surface area contributed by atoms with E-state index in [0.29, 0.717) is 17.8 Å². The topological polar surface area (TPSA) is 102 Å². The van der Waals surface area contributed by atoms with Crippen LogP contribution in [-0.4, -0.2) is 28.2 Å². The van der Waals surface area contributed by atoms with Crippen LogP contribution < -0.4 is 14.8 Å². The van der Waals surface area contributed by atoms with Gasteiger partial charge in [-0.05, 0) is 18.6 Å². The molecule has 0 atom stereocenters. The number of nitrogen functional groups attached to an aromatic ring is 1. The molecule has 98 valence electrons. The third kappa shape index (κ3) is 2.06. The third-order valence-corrected chi connectivity index (χ3v) is 4.09. The minimum Gasteiger partial charge on any atom is -0.452 e. The van der Waals surface area contributed by atoms with E-state index in [0.717, 1.165) is 17.0 Å². The second kappa shape index (κ2) is 4.37. The summed E-state index contributed by atoms with van der Waals surface area (Å²) in [5.74, 6) is 0. The number of nitrogens with two attached hydrogens (primary N) is 1. The molecule has 1 aliphatic rings. The molecule has 0 saturated carbocycles. The molecular formula is C10H13N3O4S. The van der Waals surface area contributed by atoms with Crippen LogP contribution in [0.1, 0.15) is 5.56 Å². The number of amides is 1. The van der Waals surface area contributed by atoms with Crippen molar-refractivity contribution in [2.45, 2.75) is 6.42 Å². The van der Waals surface area contributed by atoms with Crippen LogP contribution in [0.5, 0.6) is 0 Å². The average molecular weight is 271 g/mol. The van der Waals surface area contributed by atoms with Crippen molar-refractivity contribution in [1.82, 2.24) is 4.72 Å². The molecule has 1 aromatic carbocycles. The molecule has 1 amide bonds. The first kappa shape index (κ1) is 12.5. The normalized spacial score (nSPS) is 14.2. The number of methoxy groups -OCH3 is 1. The van der Waals surface area contributed by atoms with Gasteiger partial charge in [-0.1, -0.05) is 6.07 Å². The Morgan fingerprint density at radius 3 is 2.89 bits per heavy atom. The molecule has 1 heterocycles. The Morgan fingerprint density at radius 1 is 1.50 bits per heavy atom. The zero-order valence-corrected chi connectivity index (χ0v) is 10.5. The molecule has 0 aromatic heterocycles. The molecule has 0 fully saturated rings. The summed E-state index contributed by atoms with van der Waals surface area (Å²) >= 11 is 0. The predicted octanol–water partition coefficient (Wildman–Crippen LogP) is 0.232. The summed E-state index contributed by atoms with van der Waals surface area (Å²) in [6.45, 7) is 0.246. The molecule has 0 aliphatic carbocycles. The fourth-order valence-corrected chi connectivity index (χ4v) is 3.05. The lowest BCUT2D eigenvalue weighted by atomic mass is 10.1. The van der Waals surface area contributed by atoms with Gasteiger partial charge in [-0.25, -0.2) is 9.52 Å². The number of carbonyl (C=O) groups excluding carboxylic acids is 1. The van der Waals surface area contributed by atoms with Crippen molar-refractivity contribution in [1.29, 1.82) is 0 Å². The van der Waals surface area contributed by atoms with Crippen molar-refractivity contribution in [3.63, 3.8) is 0 Å². The van der Waals surface area contributed by atoms with E-state index in [1.165, 1.54) is 0 Å². The Balaban J connectivity index is 2.34. The molecule has 0 spiro atoms. The molecule has 1 aliphatic heterocycles. The maximum atomic E-state index is 11.9. The van der Waals surface area contributed by atoms with Crippen LogP contribution in [0.3, 0.4) is 0 Å². The number of anilines is 2. The molecular weight excluding hydrogens is 258 g/mol. The van der Waals surface area contributed by atoms with E-state index in [1.807, 2.05) is 0 Å². The Hall–Kier alpha value is -1.96. The fourth-order valence-electron chi connectivity index (χ4n) is 1.88. The first-order valence-electron chi connectivity index (χ1n) is 5.21. The maximum absolute atomic E-state index is 11.9. The van der Waals surface area contributed by atoms with Crippen molar-refractivity contribution < 1.29 is 17.9 Å². The van der Waals surface area contributed by atoms with E-state index in [1.54, 1.807) is 22.9 Å². The van der Waals surface area contributed by atoms with E-state index < -0.39 is 16.3 Å². The number of hydrogen-bond donors (Lipinski definition) is 2. The number of hydrogen-bond acceptors (Lipinski definition) is 5. The Morgan fingerprint density at radius 2 is 2.22 bits per heavy atom. The van der Waals surface area contributed by atoms with Gasteiger partial charge in [0.15, 0.2) is 0 Å². The smallest absolute Gasteiger partial charge is 0.422 e. The number of benzene rings is 1. The first-order valence-corrected chi connectivity index (χ1v) is 6.65. The van der Waals surface area contributed by atoms with Crippen LogP contribution >= 0.6 is 0 Å². The zero-order valence-electron chi connectivity index (χ0n) is 9.71. The second-order valence-electron chi connectivity index (χ2n) is 3.77. The number of nitrogens with one attached hydrogen (secondary N) is 1. The van der Waals surface area contributed by atoms with Crippen LogP contribution in [0.2, 0.25) is 0 Å². The van der Waals surface area contributed by atoms with Crippen molar-refractivity contribution in [3.8, 4) is 0 Å². The SMILES string of the molecule is COC(=O)NS(=O)(=O)N1CCc2c(N)cccc21. The first-order chi connectivity index (χ1) is 8.45. The van der Waals surface area contributed by atoms with Gasteiger partial charge in [0.1, 0.15) is 0 Å². The molecule has 0 saturated heterocycles. The van der Waals surface area contributed by atoms with Crippen molar-refractivity contribution in [3.05, 3.63) is 23.8 Å². The number of fused-ring (bicyclic) bond motifs is 1. The van der Waals surface area contributed by atoms with Gasteiger partial charge in [0.2, 0.25) is 0 Å². The van der Waals surface area contributed by atoms with Gasteiger partial charge in [0, 0.05) is 17.8 Å².